The summed E-state index contributed by atoms with van der Waals surface area (Å²) in [5.41, 5.74) is 2.01. The molecule has 0 saturated carbocycles. The second-order valence-corrected chi connectivity index (χ2v) is 6.78. The van der Waals surface area contributed by atoms with Gasteiger partial charge in [0, 0.05) is 32.2 Å². The van der Waals surface area contributed by atoms with E-state index in [0.717, 1.165) is 37.2 Å². The van der Waals surface area contributed by atoms with Crippen LogP contribution in [0.5, 0.6) is 0 Å². The van der Waals surface area contributed by atoms with E-state index < -0.39 is 0 Å². The van der Waals surface area contributed by atoms with Crippen LogP contribution in [0.25, 0.3) is 5.65 Å². The topological polar surface area (TPSA) is 56.1 Å². The zero-order valence-corrected chi connectivity index (χ0v) is 14.2. The van der Waals surface area contributed by atoms with E-state index in [2.05, 4.69) is 4.98 Å². The summed E-state index contributed by atoms with van der Waals surface area (Å²) >= 11 is 0. The highest BCUT2D eigenvalue weighted by Gasteiger charge is 2.48. The zero-order chi connectivity index (χ0) is 16.7. The highest BCUT2D eigenvalue weighted by atomic mass is 16.6. The zero-order valence-electron chi connectivity index (χ0n) is 14.2. The monoisotopic (exact) mass is 329 g/mol. The Kier molecular flexibility index (Phi) is 3.81. The molecule has 6 nitrogen and oxygen atoms in total. The number of carbonyl (C=O) groups is 1. The Morgan fingerprint density at radius 2 is 2.33 bits per heavy atom. The molecule has 0 N–H and O–H groups in total. The van der Waals surface area contributed by atoms with E-state index in [0.29, 0.717) is 18.8 Å². The molecule has 128 valence electrons. The highest BCUT2D eigenvalue weighted by Crippen LogP contribution is 2.36. The number of ether oxygens (including phenoxy) is 2. The van der Waals surface area contributed by atoms with Gasteiger partial charge in [0.15, 0.2) is 0 Å². The van der Waals surface area contributed by atoms with Gasteiger partial charge in [-0.1, -0.05) is 6.07 Å². The molecule has 2 aromatic rings. The van der Waals surface area contributed by atoms with Crippen molar-refractivity contribution in [3.05, 3.63) is 35.8 Å². The number of methoxy groups -OCH3 is 1. The van der Waals surface area contributed by atoms with Crippen LogP contribution >= 0.6 is 0 Å². The SMILES string of the molecule is CO[C@H]1CCN(C(=O)c2cn3c(C)cccc3n2)C[C@@]12CCCO2. The molecule has 2 aromatic heterocycles. The average Bonchev–Trinajstić information content (AvgIpc) is 3.22. The molecule has 4 rings (SSSR count). The fourth-order valence-corrected chi connectivity index (χ4v) is 4.06. The molecular weight excluding hydrogens is 306 g/mol. The molecule has 2 aliphatic heterocycles. The number of aromatic nitrogens is 2. The summed E-state index contributed by atoms with van der Waals surface area (Å²) in [4.78, 5) is 19.3. The van der Waals surface area contributed by atoms with E-state index in [-0.39, 0.29) is 17.6 Å². The number of hydrogen-bond acceptors (Lipinski definition) is 4. The van der Waals surface area contributed by atoms with Gasteiger partial charge in [-0.05, 0) is 38.3 Å². The number of aryl methyl sites for hydroxylation is 1. The Hall–Kier alpha value is -1.92. The maximum absolute atomic E-state index is 13.0. The summed E-state index contributed by atoms with van der Waals surface area (Å²) in [6.07, 6.45) is 4.66. The summed E-state index contributed by atoms with van der Waals surface area (Å²) < 4.78 is 13.6. The minimum absolute atomic E-state index is 0.0254. The van der Waals surface area contributed by atoms with Crippen LogP contribution in [-0.4, -0.2) is 58.7 Å². The van der Waals surface area contributed by atoms with Crippen LogP contribution in [0.2, 0.25) is 0 Å². The van der Waals surface area contributed by atoms with E-state index in [9.17, 15) is 4.79 Å². The highest BCUT2D eigenvalue weighted by molar-refractivity contribution is 5.93. The lowest BCUT2D eigenvalue weighted by Crippen LogP contribution is -2.58. The molecule has 6 heteroatoms. The molecule has 2 saturated heterocycles. The standard InChI is InChI=1S/C18H23N3O3/c1-13-5-3-6-16-19-14(11-21(13)16)17(22)20-9-7-15(23-2)18(12-20)8-4-10-24-18/h3,5-6,11,15H,4,7-10,12H2,1-2H3/t15-,18-/m0/s1. The first-order valence-corrected chi connectivity index (χ1v) is 8.54. The van der Waals surface area contributed by atoms with Crippen LogP contribution in [0.3, 0.4) is 0 Å². The Morgan fingerprint density at radius 1 is 1.46 bits per heavy atom. The number of rotatable bonds is 2. The Morgan fingerprint density at radius 3 is 3.04 bits per heavy atom. The van der Waals surface area contributed by atoms with E-state index in [1.165, 1.54) is 0 Å². The van der Waals surface area contributed by atoms with Gasteiger partial charge in [-0.3, -0.25) is 4.79 Å². The van der Waals surface area contributed by atoms with Crippen LogP contribution < -0.4 is 0 Å². The fraction of sp³-hybridized carbons (Fsp3) is 0.556. The van der Waals surface area contributed by atoms with Crippen LogP contribution in [0.1, 0.15) is 35.4 Å². The number of likely N-dealkylation sites (tertiary alicyclic amines) is 1. The predicted octanol–water partition coefficient (Wildman–Crippen LogP) is 2.05. The van der Waals surface area contributed by atoms with Crippen molar-refractivity contribution in [2.75, 3.05) is 26.8 Å². The third-order valence-corrected chi connectivity index (χ3v) is 5.33. The molecule has 2 atom stereocenters. The lowest BCUT2D eigenvalue weighted by molar-refractivity contribution is -0.137. The van der Waals surface area contributed by atoms with Crippen molar-refractivity contribution in [1.29, 1.82) is 0 Å². The molecule has 0 aliphatic carbocycles. The average molecular weight is 329 g/mol. The van der Waals surface area contributed by atoms with E-state index in [4.69, 9.17) is 9.47 Å². The van der Waals surface area contributed by atoms with Crippen molar-refractivity contribution in [1.82, 2.24) is 14.3 Å². The van der Waals surface area contributed by atoms with Gasteiger partial charge in [-0.2, -0.15) is 0 Å². The third kappa shape index (κ3) is 2.41. The molecule has 4 heterocycles. The molecule has 2 aliphatic rings. The molecule has 24 heavy (non-hydrogen) atoms. The molecular formula is C18H23N3O3. The van der Waals surface area contributed by atoms with Crippen molar-refractivity contribution in [3.63, 3.8) is 0 Å². The first-order valence-electron chi connectivity index (χ1n) is 8.54. The Bertz CT molecular complexity index is 764. The lowest BCUT2D eigenvalue weighted by atomic mass is 9.86. The second-order valence-electron chi connectivity index (χ2n) is 6.78. The van der Waals surface area contributed by atoms with E-state index in [1.807, 2.05) is 40.6 Å². The van der Waals surface area contributed by atoms with Crippen molar-refractivity contribution >= 4 is 11.6 Å². The summed E-state index contributed by atoms with van der Waals surface area (Å²) in [6, 6.07) is 5.88. The smallest absolute Gasteiger partial charge is 0.274 e. The molecule has 1 amide bonds. The number of piperidine rings is 1. The molecule has 1 spiro atoms. The molecule has 0 bridgehead atoms. The molecule has 2 fully saturated rings. The fourth-order valence-electron chi connectivity index (χ4n) is 4.06. The van der Waals surface area contributed by atoms with E-state index >= 15 is 0 Å². The molecule has 0 unspecified atom stereocenters. The lowest BCUT2D eigenvalue weighted by Gasteiger charge is -2.44. The van der Waals surface area contributed by atoms with Crippen molar-refractivity contribution in [2.24, 2.45) is 0 Å². The number of fused-ring (bicyclic) bond motifs is 1. The van der Waals surface area contributed by atoms with Crippen LogP contribution in [0.4, 0.5) is 0 Å². The minimum atomic E-state index is -0.349. The van der Waals surface area contributed by atoms with Gasteiger partial charge >= 0.3 is 0 Å². The van der Waals surface area contributed by atoms with Gasteiger partial charge in [0.05, 0.1) is 12.6 Å². The van der Waals surface area contributed by atoms with Gasteiger partial charge in [-0.25, -0.2) is 4.98 Å². The van der Waals surface area contributed by atoms with Crippen LogP contribution in [0.15, 0.2) is 24.4 Å². The number of nitrogens with zero attached hydrogens (tertiary/aromatic N) is 3. The third-order valence-electron chi connectivity index (χ3n) is 5.33. The minimum Gasteiger partial charge on any atom is -0.378 e. The normalized spacial score (nSPS) is 27.2. The quantitative estimate of drug-likeness (QED) is 0.846. The first-order chi connectivity index (χ1) is 11.6. The van der Waals surface area contributed by atoms with Gasteiger partial charge in [0.2, 0.25) is 0 Å². The summed E-state index contributed by atoms with van der Waals surface area (Å²) in [6.45, 7) is 4.01. The summed E-state index contributed by atoms with van der Waals surface area (Å²) in [7, 11) is 1.73. The number of hydrogen-bond donors (Lipinski definition) is 0. The summed E-state index contributed by atoms with van der Waals surface area (Å²) in [5, 5.41) is 0. The second kappa shape index (κ2) is 5.86. The van der Waals surface area contributed by atoms with Crippen molar-refractivity contribution in [2.45, 2.75) is 37.9 Å². The molecule has 0 aromatic carbocycles. The Labute approximate surface area is 141 Å². The van der Waals surface area contributed by atoms with Crippen molar-refractivity contribution < 1.29 is 14.3 Å². The summed E-state index contributed by atoms with van der Waals surface area (Å²) in [5.74, 6) is -0.0254. The van der Waals surface area contributed by atoms with Gasteiger partial charge in [0.1, 0.15) is 16.9 Å². The largest absolute Gasteiger partial charge is 0.378 e. The van der Waals surface area contributed by atoms with Gasteiger partial charge in [-0.15, -0.1) is 0 Å². The maximum atomic E-state index is 13.0. The van der Waals surface area contributed by atoms with Gasteiger partial charge in [0.25, 0.3) is 5.91 Å². The van der Waals surface area contributed by atoms with Crippen LogP contribution in [0, 0.1) is 6.92 Å². The first kappa shape index (κ1) is 15.6. The number of amides is 1. The Balaban J connectivity index is 1.60. The molecule has 0 radical (unpaired) electrons. The van der Waals surface area contributed by atoms with Gasteiger partial charge < -0.3 is 18.8 Å². The maximum Gasteiger partial charge on any atom is 0.274 e. The predicted molar refractivity (Wildman–Crippen MR) is 89.2 cm³/mol. The number of pyridine rings is 1. The number of imidazole rings is 1. The van der Waals surface area contributed by atoms with Crippen molar-refractivity contribution in [3.8, 4) is 0 Å². The van der Waals surface area contributed by atoms with E-state index in [1.54, 1.807) is 7.11 Å². The number of carbonyl (C=O) groups excluding carboxylic acids is 1. The van der Waals surface area contributed by atoms with Crippen LogP contribution in [-0.2, 0) is 9.47 Å².